The van der Waals surface area contributed by atoms with Crippen LogP contribution in [0.1, 0.15) is 0 Å². The van der Waals surface area contributed by atoms with Crippen molar-refractivity contribution in [3.8, 4) is 0 Å². The van der Waals surface area contributed by atoms with Crippen LogP contribution in [0, 0.1) is 0 Å². The normalized spacial score (nSPS) is 11.3. The number of hydrogen-bond donors (Lipinski definition) is 1. The van der Waals surface area contributed by atoms with Crippen LogP contribution >= 0.6 is 11.8 Å². The Morgan fingerprint density at radius 2 is 1.73 bits per heavy atom. The lowest BCUT2D eigenvalue weighted by molar-refractivity contribution is 0.809. The Labute approximate surface area is 130 Å². The number of nitrogens with zero attached hydrogens (tertiary/aromatic N) is 3. The van der Waals surface area contributed by atoms with Gasteiger partial charge in [-0.2, -0.15) is 0 Å². The van der Waals surface area contributed by atoms with E-state index in [0.717, 1.165) is 16.2 Å². The molecular weight excluding hydrogens is 296 g/mol. The van der Waals surface area contributed by atoms with E-state index in [1.807, 2.05) is 54.1 Å². The largest absolute Gasteiger partial charge is 0.322 e. The molecule has 0 saturated carbocycles. The van der Waals surface area contributed by atoms with E-state index in [9.17, 15) is 4.79 Å². The molecule has 0 unspecified atom stereocenters. The van der Waals surface area contributed by atoms with Crippen LogP contribution in [0.5, 0.6) is 0 Å². The van der Waals surface area contributed by atoms with Gasteiger partial charge in [-0.05, 0) is 36.0 Å². The summed E-state index contributed by atoms with van der Waals surface area (Å²) in [6.45, 7) is 0. The number of aryl methyl sites for hydroxylation is 1. The van der Waals surface area contributed by atoms with Crippen LogP contribution in [-0.4, -0.2) is 19.5 Å². The van der Waals surface area contributed by atoms with E-state index in [-0.39, 0.29) is 5.56 Å². The average Bonchev–Trinajstić information content (AvgIpc) is 2.84. The van der Waals surface area contributed by atoms with Gasteiger partial charge in [0.05, 0.1) is 21.9 Å². The van der Waals surface area contributed by atoms with E-state index < -0.39 is 0 Å². The van der Waals surface area contributed by atoms with Gasteiger partial charge in [0.25, 0.3) is 5.56 Å². The summed E-state index contributed by atoms with van der Waals surface area (Å²) in [6.07, 6.45) is 0. The van der Waals surface area contributed by atoms with Gasteiger partial charge in [0, 0.05) is 7.05 Å². The number of aromatic nitrogens is 4. The third-order valence-corrected chi connectivity index (χ3v) is 4.46. The average molecular weight is 308 g/mol. The Bertz CT molecular complexity index is 1050. The number of rotatable bonds is 2. The molecule has 1 N–H and O–H groups in total. The Morgan fingerprint density at radius 3 is 2.55 bits per heavy atom. The zero-order valence-corrected chi connectivity index (χ0v) is 12.6. The standard InChI is InChI=1S/C16H12N4OS/c1-20-13-9-5-4-8-12(13)18-16(20)22-15-17-11-7-3-2-6-10(11)14(21)19-15/h2-9H,1H3,(H,17,19,21). The molecule has 0 spiro atoms. The molecule has 0 aliphatic rings. The Hall–Kier alpha value is -2.60. The zero-order valence-electron chi connectivity index (χ0n) is 11.8. The molecule has 0 aliphatic carbocycles. The molecule has 6 heteroatoms. The van der Waals surface area contributed by atoms with Gasteiger partial charge in [0.2, 0.25) is 0 Å². The summed E-state index contributed by atoms with van der Waals surface area (Å²) in [6, 6.07) is 15.2. The van der Waals surface area contributed by atoms with Crippen LogP contribution in [0.25, 0.3) is 21.9 Å². The topological polar surface area (TPSA) is 63.6 Å². The van der Waals surface area contributed by atoms with E-state index in [0.29, 0.717) is 16.1 Å². The Balaban J connectivity index is 1.82. The fourth-order valence-corrected chi connectivity index (χ4v) is 3.25. The van der Waals surface area contributed by atoms with Crippen molar-refractivity contribution in [3.05, 3.63) is 58.9 Å². The smallest absolute Gasteiger partial charge is 0.259 e. The molecule has 0 atom stereocenters. The van der Waals surface area contributed by atoms with Crippen molar-refractivity contribution in [2.75, 3.05) is 0 Å². The number of hydrogen-bond acceptors (Lipinski definition) is 4. The molecule has 0 aliphatic heterocycles. The van der Waals surface area contributed by atoms with Gasteiger partial charge in [-0.3, -0.25) is 4.79 Å². The number of benzene rings is 2. The maximum absolute atomic E-state index is 12.1. The van der Waals surface area contributed by atoms with Gasteiger partial charge >= 0.3 is 0 Å². The first-order valence-electron chi connectivity index (χ1n) is 6.81. The summed E-state index contributed by atoms with van der Waals surface area (Å²) in [4.78, 5) is 24.0. The molecule has 2 aromatic heterocycles. The van der Waals surface area contributed by atoms with Crippen molar-refractivity contribution in [1.29, 1.82) is 0 Å². The third-order valence-electron chi connectivity index (χ3n) is 3.53. The highest BCUT2D eigenvalue weighted by Gasteiger charge is 2.11. The summed E-state index contributed by atoms with van der Waals surface area (Å²) in [5, 5.41) is 1.93. The molecule has 0 fully saturated rings. The predicted molar refractivity (Wildman–Crippen MR) is 87.2 cm³/mol. The quantitative estimate of drug-likeness (QED) is 0.578. The minimum absolute atomic E-state index is 0.133. The van der Waals surface area contributed by atoms with E-state index in [1.54, 1.807) is 6.07 Å². The number of H-pyrrole nitrogens is 1. The first-order chi connectivity index (χ1) is 10.7. The van der Waals surface area contributed by atoms with Crippen molar-refractivity contribution < 1.29 is 0 Å². The second-order valence-corrected chi connectivity index (χ2v) is 5.89. The van der Waals surface area contributed by atoms with Gasteiger partial charge in [0.15, 0.2) is 10.3 Å². The fraction of sp³-hybridized carbons (Fsp3) is 0.0625. The van der Waals surface area contributed by atoms with Crippen molar-refractivity contribution in [2.45, 2.75) is 10.3 Å². The predicted octanol–water partition coefficient (Wildman–Crippen LogP) is 2.96. The van der Waals surface area contributed by atoms with Gasteiger partial charge in [0.1, 0.15) is 0 Å². The van der Waals surface area contributed by atoms with Crippen molar-refractivity contribution in [2.24, 2.45) is 7.05 Å². The van der Waals surface area contributed by atoms with Gasteiger partial charge in [-0.1, -0.05) is 24.3 Å². The van der Waals surface area contributed by atoms with Crippen LogP contribution in [-0.2, 0) is 7.05 Å². The lowest BCUT2D eigenvalue weighted by Crippen LogP contribution is -2.09. The van der Waals surface area contributed by atoms with Gasteiger partial charge < -0.3 is 9.55 Å². The monoisotopic (exact) mass is 308 g/mol. The molecule has 0 amide bonds. The molecule has 2 aromatic carbocycles. The lowest BCUT2D eigenvalue weighted by atomic mass is 10.2. The first-order valence-corrected chi connectivity index (χ1v) is 7.62. The SMILES string of the molecule is Cn1c(Sc2nc3ccccc3c(=O)[nH]2)nc2ccccc21. The molecule has 108 valence electrons. The molecule has 5 nitrogen and oxygen atoms in total. The summed E-state index contributed by atoms with van der Waals surface area (Å²) in [7, 11) is 1.96. The van der Waals surface area contributed by atoms with Crippen LogP contribution in [0.2, 0.25) is 0 Å². The first kappa shape index (κ1) is 13.1. The Kier molecular flexibility index (Phi) is 2.97. The maximum atomic E-state index is 12.1. The van der Waals surface area contributed by atoms with Crippen molar-refractivity contribution >= 4 is 33.7 Å². The Morgan fingerprint density at radius 1 is 1.00 bits per heavy atom. The number of nitrogens with one attached hydrogen (secondary N) is 1. The van der Waals surface area contributed by atoms with E-state index in [4.69, 9.17) is 0 Å². The molecular formula is C16H12N4OS. The molecule has 4 aromatic rings. The van der Waals surface area contributed by atoms with E-state index in [2.05, 4.69) is 15.0 Å². The van der Waals surface area contributed by atoms with Crippen LogP contribution in [0.4, 0.5) is 0 Å². The molecule has 0 saturated heterocycles. The highest BCUT2D eigenvalue weighted by molar-refractivity contribution is 7.99. The molecule has 0 radical (unpaired) electrons. The van der Waals surface area contributed by atoms with Crippen LogP contribution < -0.4 is 5.56 Å². The number of imidazole rings is 1. The van der Waals surface area contributed by atoms with E-state index in [1.165, 1.54) is 11.8 Å². The summed E-state index contributed by atoms with van der Waals surface area (Å²) in [5.74, 6) is 0. The summed E-state index contributed by atoms with van der Waals surface area (Å²) < 4.78 is 2.00. The van der Waals surface area contributed by atoms with Gasteiger partial charge in [-0.15, -0.1) is 0 Å². The van der Waals surface area contributed by atoms with Crippen LogP contribution in [0.3, 0.4) is 0 Å². The second-order valence-electron chi connectivity index (χ2n) is 4.93. The van der Waals surface area contributed by atoms with Crippen LogP contribution in [0.15, 0.2) is 63.6 Å². The highest BCUT2D eigenvalue weighted by Crippen LogP contribution is 2.27. The molecule has 0 bridgehead atoms. The van der Waals surface area contributed by atoms with Crippen molar-refractivity contribution in [3.63, 3.8) is 0 Å². The zero-order chi connectivity index (χ0) is 15.1. The second kappa shape index (κ2) is 4.99. The summed E-state index contributed by atoms with van der Waals surface area (Å²) in [5.41, 5.74) is 2.53. The van der Waals surface area contributed by atoms with E-state index >= 15 is 0 Å². The van der Waals surface area contributed by atoms with Gasteiger partial charge in [-0.25, -0.2) is 9.97 Å². The third kappa shape index (κ3) is 2.08. The number of fused-ring (bicyclic) bond motifs is 2. The van der Waals surface area contributed by atoms with Crippen molar-refractivity contribution in [1.82, 2.24) is 19.5 Å². The molecule has 2 heterocycles. The minimum atomic E-state index is -0.133. The number of aromatic amines is 1. The molecule has 4 rings (SSSR count). The summed E-state index contributed by atoms with van der Waals surface area (Å²) >= 11 is 1.35. The lowest BCUT2D eigenvalue weighted by Gasteiger charge is -2.03. The molecule has 22 heavy (non-hydrogen) atoms. The highest BCUT2D eigenvalue weighted by atomic mass is 32.2. The minimum Gasteiger partial charge on any atom is -0.322 e. The fourth-order valence-electron chi connectivity index (χ4n) is 2.41. The number of para-hydroxylation sites is 3. The maximum Gasteiger partial charge on any atom is 0.259 e.